The first-order valence-electron chi connectivity index (χ1n) is 5.45. The second kappa shape index (κ2) is 5.70. The predicted octanol–water partition coefficient (Wildman–Crippen LogP) is 2.07. The fourth-order valence-corrected chi connectivity index (χ4v) is 2.98. The molecule has 9 heteroatoms. The van der Waals surface area contributed by atoms with E-state index in [9.17, 15) is 13.2 Å². The molecule has 0 spiro atoms. The van der Waals surface area contributed by atoms with Crippen molar-refractivity contribution in [2.45, 2.75) is 6.18 Å². The van der Waals surface area contributed by atoms with Crippen LogP contribution in [0.15, 0.2) is 0 Å². The average molecular weight is 345 g/mol. The molecule has 1 aromatic heterocycles. The summed E-state index contributed by atoms with van der Waals surface area (Å²) in [5, 5.41) is 1.27. The van der Waals surface area contributed by atoms with Gasteiger partial charge in [-0.05, 0) is 0 Å². The molecule has 0 unspecified atom stereocenters. The third-order valence-electron chi connectivity index (χ3n) is 2.71. The Morgan fingerprint density at radius 2 is 1.89 bits per heavy atom. The lowest BCUT2D eigenvalue weighted by Crippen LogP contribution is -2.46. The van der Waals surface area contributed by atoms with Gasteiger partial charge in [0.2, 0.25) is 11.0 Å². The van der Waals surface area contributed by atoms with E-state index in [1.807, 2.05) is 4.90 Å². The molecule has 0 radical (unpaired) electrons. The van der Waals surface area contributed by atoms with Gasteiger partial charge >= 0.3 is 6.18 Å². The Bertz CT molecular complexity index is 389. The summed E-state index contributed by atoms with van der Waals surface area (Å²) in [5.41, 5.74) is 0. The van der Waals surface area contributed by atoms with Crippen LogP contribution in [0.4, 0.5) is 18.3 Å². The predicted molar refractivity (Wildman–Crippen MR) is 67.4 cm³/mol. The van der Waals surface area contributed by atoms with Gasteiger partial charge in [-0.15, -0.1) is 0 Å². The summed E-state index contributed by atoms with van der Waals surface area (Å²) in [4.78, 5) is 7.68. The lowest BCUT2D eigenvalue weighted by atomic mass is 10.3. The SMILES string of the molecule is FC(F)(F)c1nsc(N2CCN(CCBr)CC2)n1. The first-order valence-corrected chi connectivity index (χ1v) is 7.34. The lowest BCUT2D eigenvalue weighted by molar-refractivity contribution is -0.144. The molecule has 1 saturated heterocycles. The standard InChI is InChI=1S/C9H12BrF3N4S/c10-1-2-16-3-5-17(6-4-16)8-14-7(15-18-8)9(11,12)13/h1-6H2. The van der Waals surface area contributed by atoms with Crippen molar-refractivity contribution in [3.63, 3.8) is 0 Å². The molecule has 1 fully saturated rings. The minimum atomic E-state index is -4.45. The van der Waals surface area contributed by atoms with E-state index in [1.165, 1.54) is 0 Å². The molecule has 4 nitrogen and oxygen atoms in total. The number of hydrogen-bond donors (Lipinski definition) is 0. The minimum absolute atomic E-state index is 0.362. The van der Waals surface area contributed by atoms with E-state index in [-0.39, 0.29) is 0 Å². The summed E-state index contributed by atoms with van der Waals surface area (Å²) in [5.74, 6) is -1.04. The topological polar surface area (TPSA) is 32.3 Å². The van der Waals surface area contributed by atoms with E-state index >= 15 is 0 Å². The highest BCUT2D eigenvalue weighted by Gasteiger charge is 2.36. The first kappa shape index (κ1) is 14.0. The minimum Gasteiger partial charge on any atom is -0.344 e. The Morgan fingerprint density at radius 3 is 2.39 bits per heavy atom. The maximum absolute atomic E-state index is 12.4. The molecular formula is C9H12BrF3N4S. The molecule has 18 heavy (non-hydrogen) atoms. The van der Waals surface area contributed by atoms with Crippen molar-refractivity contribution in [2.75, 3.05) is 43.0 Å². The van der Waals surface area contributed by atoms with E-state index < -0.39 is 12.0 Å². The Hall–Kier alpha value is -0.410. The molecule has 0 atom stereocenters. The largest absolute Gasteiger partial charge is 0.452 e. The fraction of sp³-hybridized carbons (Fsp3) is 0.778. The second-order valence-corrected chi connectivity index (χ2v) is 5.44. The Kier molecular flexibility index (Phi) is 4.44. The van der Waals surface area contributed by atoms with Gasteiger partial charge in [0.1, 0.15) is 0 Å². The molecule has 0 saturated carbocycles. The van der Waals surface area contributed by atoms with Crippen molar-refractivity contribution < 1.29 is 13.2 Å². The zero-order valence-corrected chi connectivity index (χ0v) is 11.9. The summed E-state index contributed by atoms with van der Waals surface area (Å²) in [6.07, 6.45) is -4.45. The molecular weight excluding hydrogens is 333 g/mol. The summed E-state index contributed by atoms with van der Waals surface area (Å²) >= 11 is 4.18. The van der Waals surface area contributed by atoms with Crippen LogP contribution in [0.1, 0.15) is 5.82 Å². The van der Waals surface area contributed by atoms with Crippen LogP contribution in [0.25, 0.3) is 0 Å². The molecule has 0 aliphatic carbocycles. The molecule has 2 heterocycles. The molecule has 2 rings (SSSR count). The highest BCUT2D eigenvalue weighted by atomic mass is 79.9. The van der Waals surface area contributed by atoms with Crippen LogP contribution < -0.4 is 4.90 Å². The van der Waals surface area contributed by atoms with E-state index in [0.717, 1.165) is 36.5 Å². The number of halogens is 4. The van der Waals surface area contributed by atoms with Crippen LogP contribution in [0, 0.1) is 0 Å². The lowest BCUT2D eigenvalue weighted by Gasteiger charge is -2.33. The second-order valence-electron chi connectivity index (χ2n) is 3.92. The van der Waals surface area contributed by atoms with Gasteiger partial charge in [-0.3, -0.25) is 4.90 Å². The number of alkyl halides is 4. The zero-order chi connectivity index (χ0) is 13.2. The molecule has 102 valence electrons. The highest BCUT2D eigenvalue weighted by molar-refractivity contribution is 9.09. The molecule has 0 bridgehead atoms. The van der Waals surface area contributed by atoms with Gasteiger partial charge < -0.3 is 4.90 Å². The van der Waals surface area contributed by atoms with Gasteiger partial charge in [0.15, 0.2) is 0 Å². The third-order valence-corrected chi connectivity index (χ3v) is 3.84. The number of hydrogen-bond acceptors (Lipinski definition) is 5. The van der Waals surface area contributed by atoms with Crippen molar-refractivity contribution in [2.24, 2.45) is 0 Å². The van der Waals surface area contributed by atoms with Crippen molar-refractivity contribution in [1.82, 2.24) is 14.3 Å². The number of piperazine rings is 1. The smallest absolute Gasteiger partial charge is 0.344 e. The summed E-state index contributed by atoms with van der Waals surface area (Å²) in [6, 6.07) is 0. The molecule has 1 aliphatic rings. The first-order chi connectivity index (χ1) is 8.50. The Balaban J connectivity index is 1.95. The van der Waals surface area contributed by atoms with Crippen LogP contribution in [0.2, 0.25) is 0 Å². The van der Waals surface area contributed by atoms with E-state index in [1.54, 1.807) is 0 Å². The van der Waals surface area contributed by atoms with Crippen LogP contribution >= 0.6 is 27.5 Å². The van der Waals surface area contributed by atoms with Gasteiger partial charge in [-0.2, -0.15) is 22.5 Å². The van der Waals surface area contributed by atoms with Gasteiger partial charge in [0.05, 0.1) is 0 Å². The van der Waals surface area contributed by atoms with E-state index in [0.29, 0.717) is 18.2 Å². The fourth-order valence-electron chi connectivity index (χ4n) is 1.74. The molecule has 0 amide bonds. The number of rotatable bonds is 3. The average Bonchev–Trinajstić information content (AvgIpc) is 2.79. The maximum Gasteiger partial charge on any atom is 0.452 e. The van der Waals surface area contributed by atoms with Crippen LogP contribution in [0.5, 0.6) is 0 Å². The van der Waals surface area contributed by atoms with E-state index in [2.05, 4.69) is 30.2 Å². The molecule has 1 aromatic rings. The number of anilines is 1. The van der Waals surface area contributed by atoms with Crippen LogP contribution in [-0.2, 0) is 6.18 Å². The zero-order valence-electron chi connectivity index (χ0n) is 9.45. The van der Waals surface area contributed by atoms with Crippen LogP contribution in [-0.4, -0.2) is 52.3 Å². The summed E-state index contributed by atoms with van der Waals surface area (Å²) in [7, 11) is 0. The van der Waals surface area contributed by atoms with E-state index in [4.69, 9.17) is 0 Å². The van der Waals surface area contributed by atoms with Crippen LogP contribution in [0.3, 0.4) is 0 Å². The number of aromatic nitrogens is 2. The summed E-state index contributed by atoms with van der Waals surface area (Å²) in [6.45, 7) is 4.02. The highest BCUT2D eigenvalue weighted by Crippen LogP contribution is 2.30. The Labute approximate surface area is 115 Å². The molecule has 0 N–H and O–H groups in total. The third kappa shape index (κ3) is 3.33. The van der Waals surface area contributed by atoms with Crippen molar-refractivity contribution in [1.29, 1.82) is 0 Å². The number of nitrogens with zero attached hydrogens (tertiary/aromatic N) is 4. The molecule has 1 aliphatic heterocycles. The molecule has 0 aromatic carbocycles. The van der Waals surface area contributed by atoms with Gasteiger partial charge in [-0.1, -0.05) is 15.9 Å². The quantitative estimate of drug-likeness (QED) is 0.786. The van der Waals surface area contributed by atoms with Crippen molar-refractivity contribution in [3.8, 4) is 0 Å². The van der Waals surface area contributed by atoms with Gasteiger partial charge in [0, 0.05) is 49.6 Å². The monoisotopic (exact) mass is 344 g/mol. The maximum atomic E-state index is 12.4. The van der Waals surface area contributed by atoms with Gasteiger partial charge in [0.25, 0.3) is 0 Å². The van der Waals surface area contributed by atoms with Crippen molar-refractivity contribution in [3.05, 3.63) is 5.82 Å². The van der Waals surface area contributed by atoms with Crippen molar-refractivity contribution >= 4 is 32.6 Å². The normalized spacial score (nSPS) is 18.3. The van der Waals surface area contributed by atoms with Gasteiger partial charge in [-0.25, -0.2) is 0 Å². The summed E-state index contributed by atoms with van der Waals surface area (Å²) < 4.78 is 40.5. The Morgan fingerprint density at radius 1 is 1.22 bits per heavy atom.